The minimum absolute atomic E-state index is 0.313. The van der Waals surface area contributed by atoms with Crippen LogP contribution in [0.5, 0.6) is 0 Å². The molecule has 0 amide bonds. The number of hydrogen-bond acceptors (Lipinski definition) is 5. The summed E-state index contributed by atoms with van der Waals surface area (Å²) < 4.78 is 8.06. The van der Waals surface area contributed by atoms with Crippen LogP contribution in [-0.2, 0) is 11.3 Å². The summed E-state index contributed by atoms with van der Waals surface area (Å²) in [5.74, 6) is 1.89. The first-order valence-corrected chi connectivity index (χ1v) is 8.90. The third-order valence-electron chi connectivity index (χ3n) is 4.08. The Hall–Kier alpha value is -1.01. The zero-order valence-electron chi connectivity index (χ0n) is 12.5. The van der Waals surface area contributed by atoms with E-state index in [0.717, 1.165) is 49.5 Å². The summed E-state index contributed by atoms with van der Waals surface area (Å²) in [6.07, 6.45) is 8.37. The molecular formula is C15H24N4OS. The summed E-state index contributed by atoms with van der Waals surface area (Å²) in [6.45, 7) is 7.74. The lowest BCUT2D eigenvalue weighted by atomic mass is 10.1. The van der Waals surface area contributed by atoms with E-state index in [1.807, 2.05) is 6.08 Å². The molecule has 0 spiro atoms. The fourth-order valence-electron chi connectivity index (χ4n) is 3.00. The quantitative estimate of drug-likeness (QED) is 0.597. The number of piperidine rings is 1. The molecule has 3 rings (SSSR count). The predicted molar refractivity (Wildman–Crippen MR) is 86.0 cm³/mol. The molecule has 1 aromatic rings. The first kappa shape index (κ1) is 14.9. The number of ether oxygens (including phenoxy) is 1. The van der Waals surface area contributed by atoms with Gasteiger partial charge in [-0.1, -0.05) is 17.8 Å². The van der Waals surface area contributed by atoms with Crippen LogP contribution in [0.25, 0.3) is 0 Å². The second kappa shape index (κ2) is 7.31. The fraction of sp³-hybridized carbons (Fsp3) is 0.733. The van der Waals surface area contributed by atoms with Crippen molar-refractivity contribution in [2.24, 2.45) is 0 Å². The number of nitrogens with zero attached hydrogens (tertiary/aromatic N) is 4. The van der Waals surface area contributed by atoms with Gasteiger partial charge in [0.15, 0.2) is 5.16 Å². The van der Waals surface area contributed by atoms with Crippen LogP contribution in [0.15, 0.2) is 17.8 Å². The number of aromatic nitrogens is 3. The average Bonchev–Trinajstić information content (AvgIpc) is 3.17. The van der Waals surface area contributed by atoms with Crippen LogP contribution in [-0.4, -0.2) is 46.3 Å². The van der Waals surface area contributed by atoms with Crippen molar-refractivity contribution in [1.82, 2.24) is 14.8 Å². The molecular weight excluding hydrogens is 284 g/mol. The van der Waals surface area contributed by atoms with Gasteiger partial charge in [-0.2, -0.15) is 0 Å². The Labute approximate surface area is 130 Å². The molecule has 0 aromatic carbocycles. The minimum atomic E-state index is 0.313. The van der Waals surface area contributed by atoms with Crippen molar-refractivity contribution in [1.29, 1.82) is 0 Å². The van der Waals surface area contributed by atoms with E-state index in [0.29, 0.717) is 6.10 Å². The van der Waals surface area contributed by atoms with Gasteiger partial charge in [0.2, 0.25) is 5.95 Å². The third kappa shape index (κ3) is 3.61. The number of thioether (sulfide) groups is 1. The second-order valence-corrected chi connectivity index (χ2v) is 6.66. The van der Waals surface area contributed by atoms with E-state index in [1.165, 1.54) is 25.7 Å². The van der Waals surface area contributed by atoms with Crippen LogP contribution in [0, 0.1) is 0 Å². The molecule has 1 aromatic heterocycles. The summed E-state index contributed by atoms with van der Waals surface area (Å²) in [5, 5.41) is 9.86. The molecule has 2 saturated heterocycles. The highest BCUT2D eigenvalue weighted by molar-refractivity contribution is 7.99. The van der Waals surface area contributed by atoms with Crippen molar-refractivity contribution in [3.8, 4) is 0 Å². The molecule has 116 valence electrons. The third-order valence-corrected chi connectivity index (χ3v) is 5.04. The Morgan fingerprint density at radius 1 is 1.24 bits per heavy atom. The summed E-state index contributed by atoms with van der Waals surface area (Å²) in [5.41, 5.74) is 0. The Morgan fingerprint density at radius 3 is 2.81 bits per heavy atom. The molecule has 0 N–H and O–H groups in total. The van der Waals surface area contributed by atoms with Crippen LogP contribution in [0.4, 0.5) is 5.95 Å². The lowest BCUT2D eigenvalue weighted by Crippen LogP contribution is -2.33. The van der Waals surface area contributed by atoms with E-state index in [9.17, 15) is 0 Å². The largest absolute Gasteiger partial charge is 0.376 e. The van der Waals surface area contributed by atoms with Crippen LogP contribution >= 0.6 is 11.8 Å². The molecule has 1 atom stereocenters. The van der Waals surface area contributed by atoms with E-state index in [4.69, 9.17) is 4.74 Å². The zero-order valence-corrected chi connectivity index (χ0v) is 13.4. The van der Waals surface area contributed by atoms with Crippen LogP contribution in [0.1, 0.15) is 32.1 Å². The maximum Gasteiger partial charge on any atom is 0.228 e. The first-order valence-electron chi connectivity index (χ1n) is 7.92. The highest BCUT2D eigenvalue weighted by atomic mass is 32.2. The molecule has 5 nitrogen and oxygen atoms in total. The van der Waals surface area contributed by atoms with E-state index >= 15 is 0 Å². The number of rotatable bonds is 6. The molecule has 0 aliphatic carbocycles. The maximum absolute atomic E-state index is 5.80. The molecule has 0 bridgehead atoms. The molecule has 2 aliphatic heterocycles. The monoisotopic (exact) mass is 308 g/mol. The van der Waals surface area contributed by atoms with Gasteiger partial charge in [-0.05, 0) is 32.1 Å². The van der Waals surface area contributed by atoms with Gasteiger partial charge >= 0.3 is 0 Å². The normalized spacial score (nSPS) is 22.7. The van der Waals surface area contributed by atoms with Crippen LogP contribution < -0.4 is 4.90 Å². The summed E-state index contributed by atoms with van der Waals surface area (Å²) >= 11 is 1.70. The van der Waals surface area contributed by atoms with Gasteiger partial charge in [-0.3, -0.25) is 4.57 Å². The molecule has 3 heterocycles. The lowest BCUT2D eigenvalue weighted by molar-refractivity contribution is 0.0952. The van der Waals surface area contributed by atoms with Gasteiger partial charge in [0.25, 0.3) is 0 Å². The van der Waals surface area contributed by atoms with Gasteiger partial charge in [-0.15, -0.1) is 16.8 Å². The van der Waals surface area contributed by atoms with Gasteiger partial charge in [0, 0.05) is 25.4 Å². The minimum Gasteiger partial charge on any atom is -0.376 e. The van der Waals surface area contributed by atoms with Crippen molar-refractivity contribution in [2.45, 2.75) is 49.9 Å². The van der Waals surface area contributed by atoms with E-state index < -0.39 is 0 Å². The molecule has 0 radical (unpaired) electrons. The predicted octanol–water partition coefficient (Wildman–Crippen LogP) is 2.73. The molecule has 2 fully saturated rings. The van der Waals surface area contributed by atoms with E-state index in [-0.39, 0.29) is 0 Å². The molecule has 0 saturated carbocycles. The maximum atomic E-state index is 5.80. The summed E-state index contributed by atoms with van der Waals surface area (Å²) in [4.78, 5) is 2.38. The van der Waals surface area contributed by atoms with Crippen molar-refractivity contribution < 1.29 is 4.74 Å². The highest BCUT2D eigenvalue weighted by Gasteiger charge is 2.24. The Bertz CT molecular complexity index is 464. The van der Waals surface area contributed by atoms with Gasteiger partial charge in [0.1, 0.15) is 0 Å². The second-order valence-electron chi connectivity index (χ2n) is 5.68. The highest BCUT2D eigenvalue weighted by Crippen LogP contribution is 2.26. The first-order chi connectivity index (χ1) is 10.4. The smallest absolute Gasteiger partial charge is 0.228 e. The van der Waals surface area contributed by atoms with Crippen molar-refractivity contribution >= 4 is 17.7 Å². The van der Waals surface area contributed by atoms with E-state index in [1.54, 1.807) is 11.8 Å². The number of hydrogen-bond donors (Lipinski definition) is 0. The average molecular weight is 308 g/mol. The van der Waals surface area contributed by atoms with Crippen LogP contribution in [0.3, 0.4) is 0 Å². The lowest BCUT2D eigenvalue weighted by Gasteiger charge is -2.28. The summed E-state index contributed by atoms with van der Waals surface area (Å²) in [7, 11) is 0. The zero-order chi connectivity index (χ0) is 14.5. The van der Waals surface area contributed by atoms with E-state index in [2.05, 4.69) is 26.2 Å². The van der Waals surface area contributed by atoms with Gasteiger partial charge < -0.3 is 9.64 Å². The summed E-state index contributed by atoms with van der Waals surface area (Å²) in [6, 6.07) is 0. The Kier molecular flexibility index (Phi) is 5.19. The van der Waals surface area contributed by atoms with Gasteiger partial charge in [-0.25, -0.2) is 0 Å². The molecule has 6 heteroatoms. The Balaban J connectivity index is 1.79. The Morgan fingerprint density at radius 2 is 2.10 bits per heavy atom. The van der Waals surface area contributed by atoms with Gasteiger partial charge in [0.05, 0.1) is 12.6 Å². The number of anilines is 1. The standard InChI is InChI=1S/C15H24N4OS/c1-2-11-21-15-17-16-14(18-8-4-3-5-9-18)19(15)12-13-7-6-10-20-13/h2,13H,1,3-12H2/t13-/m0/s1. The van der Waals surface area contributed by atoms with Crippen molar-refractivity contribution in [3.63, 3.8) is 0 Å². The fourth-order valence-corrected chi connectivity index (χ4v) is 3.68. The molecule has 2 aliphatic rings. The van der Waals surface area contributed by atoms with Crippen molar-refractivity contribution in [2.75, 3.05) is 30.3 Å². The van der Waals surface area contributed by atoms with Crippen molar-refractivity contribution in [3.05, 3.63) is 12.7 Å². The molecule has 0 unspecified atom stereocenters. The SMILES string of the molecule is C=CCSc1nnc(N2CCCCC2)n1C[C@@H]1CCCO1. The van der Waals surface area contributed by atoms with Crippen LogP contribution in [0.2, 0.25) is 0 Å². The molecule has 21 heavy (non-hydrogen) atoms. The topological polar surface area (TPSA) is 43.2 Å².